The molecule has 1 aromatic carbocycles. The van der Waals surface area contributed by atoms with Gasteiger partial charge in [0.25, 0.3) is 0 Å². The molecule has 0 aromatic heterocycles. The molecule has 1 heteroatoms. The molecule has 1 fully saturated rings. The van der Waals surface area contributed by atoms with Crippen molar-refractivity contribution < 1.29 is 0 Å². The average Bonchev–Trinajstić information content (AvgIpc) is 3.01. The minimum atomic E-state index is 0.677. The predicted octanol–water partition coefficient (Wildman–Crippen LogP) is 3.31. The van der Waals surface area contributed by atoms with Crippen LogP contribution < -0.4 is 0 Å². The van der Waals surface area contributed by atoms with Gasteiger partial charge in [0.2, 0.25) is 0 Å². The fourth-order valence-corrected chi connectivity index (χ4v) is 2.15. The standard InChI is InChI=1S/C13H15N/c1-3-10-4-7-12(8-14)13(9(10)2)11-5-6-11/h4,7,11H,3,5-6H2,1-2H3. The molecule has 1 aliphatic carbocycles. The fraction of sp³-hybridized carbons (Fsp3) is 0.462. The Morgan fingerprint density at radius 2 is 2.14 bits per heavy atom. The van der Waals surface area contributed by atoms with Gasteiger partial charge in [0.1, 0.15) is 0 Å². The van der Waals surface area contributed by atoms with Crippen LogP contribution in [0.5, 0.6) is 0 Å². The summed E-state index contributed by atoms with van der Waals surface area (Å²) in [5.41, 5.74) is 4.97. The smallest absolute Gasteiger partial charge is 0.0994 e. The van der Waals surface area contributed by atoms with E-state index in [1.807, 2.05) is 6.07 Å². The van der Waals surface area contributed by atoms with E-state index in [-0.39, 0.29) is 0 Å². The van der Waals surface area contributed by atoms with Crippen molar-refractivity contribution in [3.63, 3.8) is 0 Å². The number of nitriles is 1. The largest absolute Gasteiger partial charge is 0.192 e. The Morgan fingerprint density at radius 3 is 2.64 bits per heavy atom. The minimum Gasteiger partial charge on any atom is -0.192 e. The Labute approximate surface area is 85.4 Å². The Balaban J connectivity index is 2.56. The first kappa shape index (κ1) is 9.27. The number of nitrogens with zero attached hydrogens (tertiary/aromatic N) is 1. The van der Waals surface area contributed by atoms with Crippen LogP contribution in [0.3, 0.4) is 0 Å². The third kappa shape index (κ3) is 1.42. The zero-order valence-electron chi connectivity index (χ0n) is 8.80. The monoisotopic (exact) mass is 185 g/mol. The molecule has 1 aromatic rings. The average molecular weight is 185 g/mol. The molecule has 1 saturated carbocycles. The van der Waals surface area contributed by atoms with Crippen molar-refractivity contribution in [2.24, 2.45) is 0 Å². The Morgan fingerprint density at radius 1 is 1.43 bits per heavy atom. The number of hydrogen-bond acceptors (Lipinski definition) is 1. The maximum absolute atomic E-state index is 9.03. The van der Waals surface area contributed by atoms with Gasteiger partial charge in [-0.1, -0.05) is 13.0 Å². The third-order valence-electron chi connectivity index (χ3n) is 3.11. The van der Waals surface area contributed by atoms with Crippen molar-refractivity contribution in [2.75, 3.05) is 0 Å². The molecule has 1 nitrogen and oxygen atoms in total. The molecule has 0 atom stereocenters. The normalized spacial score (nSPS) is 15.2. The Bertz CT molecular complexity index is 394. The lowest BCUT2D eigenvalue weighted by Crippen LogP contribution is -1.96. The highest BCUT2D eigenvalue weighted by atomic mass is 14.3. The summed E-state index contributed by atoms with van der Waals surface area (Å²) in [7, 11) is 0. The van der Waals surface area contributed by atoms with Crippen molar-refractivity contribution in [3.05, 3.63) is 34.4 Å². The van der Waals surface area contributed by atoms with Crippen molar-refractivity contribution in [3.8, 4) is 6.07 Å². The molecule has 1 aliphatic rings. The van der Waals surface area contributed by atoms with Gasteiger partial charge in [-0.2, -0.15) is 5.26 Å². The van der Waals surface area contributed by atoms with Crippen LogP contribution in [-0.2, 0) is 6.42 Å². The maximum atomic E-state index is 9.03. The van der Waals surface area contributed by atoms with Crippen LogP contribution in [-0.4, -0.2) is 0 Å². The van der Waals surface area contributed by atoms with Crippen LogP contribution in [0.4, 0.5) is 0 Å². The third-order valence-corrected chi connectivity index (χ3v) is 3.11. The number of rotatable bonds is 2. The number of benzene rings is 1. The highest BCUT2D eigenvalue weighted by Crippen LogP contribution is 2.43. The highest BCUT2D eigenvalue weighted by Gasteiger charge is 2.28. The summed E-state index contributed by atoms with van der Waals surface area (Å²) in [6.07, 6.45) is 3.60. The topological polar surface area (TPSA) is 23.8 Å². The lowest BCUT2D eigenvalue weighted by atomic mass is 9.93. The van der Waals surface area contributed by atoms with Gasteiger partial charge in [-0.05, 0) is 54.9 Å². The van der Waals surface area contributed by atoms with Crippen molar-refractivity contribution in [1.82, 2.24) is 0 Å². The van der Waals surface area contributed by atoms with E-state index in [2.05, 4.69) is 26.0 Å². The Kier molecular flexibility index (Phi) is 2.29. The SMILES string of the molecule is CCc1ccc(C#N)c(C2CC2)c1C. The van der Waals surface area contributed by atoms with E-state index in [4.69, 9.17) is 5.26 Å². The van der Waals surface area contributed by atoms with Crippen molar-refractivity contribution in [1.29, 1.82) is 5.26 Å². The minimum absolute atomic E-state index is 0.677. The van der Waals surface area contributed by atoms with E-state index in [0.29, 0.717) is 5.92 Å². The molecule has 0 heterocycles. The van der Waals surface area contributed by atoms with E-state index in [9.17, 15) is 0 Å². The van der Waals surface area contributed by atoms with E-state index >= 15 is 0 Å². The summed E-state index contributed by atoms with van der Waals surface area (Å²) in [6.45, 7) is 4.33. The first-order valence-corrected chi connectivity index (χ1v) is 5.30. The van der Waals surface area contributed by atoms with Gasteiger partial charge < -0.3 is 0 Å². The summed E-state index contributed by atoms with van der Waals surface area (Å²) in [4.78, 5) is 0. The van der Waals surface area contributed by atoms with Gasteiger partial charge in [0.05, 0.1) is 11.6 Å². The molecule has 0 bridgehead atoms. The first-order chi connectivity index (χ1) is 6.77. The van der Waals surface area contributed by atoms with E-state index in [1.165, 1.54) is 29.5 Å². The van der Waals surface area contributed by atoms with Crippen LogP contribution in [0, 0.1) is 18.3 Å². The number of hydrogen-bond donors (Lipinski definition) is 0. The molecule has 0 saturated heterocycles. The molecule has 14 heavy (non-hydrogen) atoms. The summed E-state index contributed by atoms with van der Waals surface area (Å²) in [5.74, 6) is 0.677. The van der Waals surface area contributed by atoms with Gasteiger partial charge in [0.15, 0.2) is 0 Å². The first-order valence-electron chi connectivity index (χ1n) is 5.30. The van der Waals surface area contributed by atoms with Crippen LogP contribution in [0.2, 0.25) is 0 Å². The number of aryl methyl sites for hydroxylation is 1. The maximum Gasteiger partial charge on any atom is 0.0994 e. The Hall–Kier alpha value is -1.29. The van der Waals surface area contributed by atoms with Gasteiger partial charge in [-0.3, -0.25) is 0 Å². The van der Waals surface area contributed by atoms with Crippen LogP contribution >= 0.6 is 0 Å². The molecule has 0 amide bonds. The second-order valence-corrected chi connectivity index (χ2v) is 4.05. The predicted molar refractivity (Wildman–Crippen MR) is 57.2 cm³/mol. The van der Waals surface area contributed by atoms with Gasteiger partial charge in [0, 0.05) is 0 Å². The van der Waals surface area contributed by atoms with Crippen LogP contribution in [0.25, 0.3) is 0 Å². The molecule has 0 N–H and O–H groups in total. The summed E-state index contributed by atoms with van der Waals surface area (Å²) < 4.78 is 0. The second kappa shape index (κ2) is 3.46. The summed E-state index contributed by atoms with van der Waals surface area (Å²) in [6, 6.07) is 6.39. The van der Waals surface area contributed by atoms with Crippen molar-refractivity contribution in [2.45, 2.75) is 39.0 Å². The molecule has 0 radical (unpaired) electrons. The quantitative estimate of drug-likeness (QED) is 0.693. The lowest BCUT2D eigenvalue weighted by molar-refractivity contribution is 1.03. The highest BCUT2D eigenvalue weighted by molar-refractivity contribution is 5.49. The zero-order valence-corrected chi connectivity index (χ0v) is 8.80. The van der Waals surface area contributed by atoms with Gasteiger partial charge >= 0.3 is 0 Å². The molecule has 0 unspecified atom stereocenters. The van der Waals surface area contributed by atoms with Crippen LogP contribution in [0.15, 0.2) is 12.1 Å². The van der Waals surface area contributed by atoms with Gasteiger partial charge in [-0.25, -0.2) is 0 Å². The van der Waals surface area contributed by atoms with E-state index < -0.39 is 0 Å². The van der Waals surface area contributed by atoms with E-state index in [1.54, 1.807) is 0 Å². The van der Waals surface area contributed by atoms with Crippen molar-refractivity contribution >= 4 is 0 Å². The molecule has 72 valence electrons. The zero-order chi connectivity index (χ0) is 10.1. The fourth-order valence-electron chi connectivity index (χ4n) is 2.15. The molecule has 0 aliphatic heterocycles. The molecular formula is C13H15N. The van der Waals surface area contributed by atoms with E-state index in [0.717, 1.165) is 12.0 Å². The summed E-state index contributed by atoms with van der Waals surface area (Å²) in [5, 5.41) is 9.03. The molecule has 0 spiro atoms. The molecule has 2 rings (SSSR count). The second-order valence-electron chi connectivity index (χ2n) is 4.05. The van der Waals surface area contributed by atoms with Gasteiger partial charge in [-0.15, -0.1) is 0 Å². The summed E-state index contributed by atoms with van der Waals surface area (Å²) >= 11 is 0. The van der Waals surface area contributed by atoms with Crippen LogP contribution in [0.1, 0.15) is 47.9 Å². The molecular weight excluding hydrogens is 170 g/mol. The lowest BCUT2D eigenvalue weighted by Gasteiger charge is -2.10.